The average Bonchev–Trinajstić information content (AvgIpc) is 3.20. The lowest BCUT2D eigenvalue weighted by Crippen LogP contribution is -2.08. The highest BCUT2D eigenvalue weighted by atomic mass is 32.1. The summed E-state index contributed by atoms with van der Waals surface area (Å²) in [6.07, 6.45) is -0.635. The smallest absolute Gasteiger partial charge is 0.266 e. The van der Waals surface area contributed by atoms with Gasteiger partial charge in [0.25, 0.3) is 5.56 Å². The van der Waals surface area contributed by atoms with Crippen LogP contribution >= 0.6 is 11.3 Å². The maximum atomic E-state index is 12.8. The van der Waals surface area contributed by atoms with Crippen LogP contribution in [-0.4, -0.2) is 23.7 Å². The monoisotopic (exact) mass is 422 g/mol. The number of nitrogens with one attached hydrogen (secondary N) is 1. The number of methoxy groups -OCH3 is 1. The zero-order valence-corrected chi connectivity index (χ0v) is 18.4. The first-order chi connectivity index (χ1) is 14.3. The van der Waals surface area contributed by atoms with E-state index in [0.29, 0.717) is 11.2 Å². The molecule has 0 saturated heterocycles. The number of hydrogen-bond acceptors (Lipinski definition) is 5. The lowest BCUT2D eigenvalue weighted by molar-refractivity contribution is 0.203. The molecular formula is C24H26N2O3S. The predicted molar refractivity (Wildman–Crippen MR) is 125 cm³/mol. The van der Waals surface area contributed by atoms with E-state index in [1.54, 1.807) is 14.0 Å². The number of H-pyrrole nitrogens is 1. The number of fused-ring (bicyclic) bond motifs is 3. The highest BCUT2D eigenvalue weighted by Gasteiger charge is 2.20. The van der Waals surface area contributed by atoms with Crippen LogP contribution < -0.4 is 16.0 Å². The fourth-order valence-corrected chi connectivity index (χ4v) is 4.92. The molecule has 0 aliphatic rings. The molecule has 6 heteroatoms. The number of ether oxygens (including phenoxy) is 1. The first-order valence-electron chi connectivity index (χ1n) is 10.0. The number of pyridine rings is 1. The molecule has 4 rings (SSSR count). The summed E-state index contributed by atoms with van der Waals surface area (Å²) < 4.78 is 6.37. The molecule has 2 heterocycles. The molecule has 0 aliphatic heterocycles. The molecule has 0 saturated carbocycles. The minimum Gasteiger partial charge on any atom is -0.496 e. The number of hydrogen-bond donors (Lipinski definition) is 3. The normalized spacial score (nSPS) is 13.7. The quantitative estimate of drug-likeness (QED) is 0.429. The number of aliphatic hydroxyl groups is 1. The first kappa shape index (κ1) is 20.6. The molecule has 4 N–H and O–H groups in total. The molecule has 1 unspecified atom stereocenters. The van der Waals surface area contributed by atoms with E-state index in [4.69, 9.17) is 10.5 Å². The summed E-state index contributed by atoms with van der Waals surface area (Å²) in [5.41, 5.74) is 10.5. The Kier molecular flexibility index (Phi) is 5.40. The van der Waals surface area contributed by atoms with E-state index in [1.165, 1.54) is 16.9 Å². The zero-order chi connectivity index (χ0) is 21.6. The van der Waals surface area contributed by atoms with Crippen molar-refractivity contribution >= 4 is 32.3 Å². The Morgan fingerprint density at radius 1 is 1.20 bits per heavy atom. The van der Waals surface area contributed by atoms with Crippen molar-refractivity contribution in [2.45, 2.75) is 32.8 Å². The topological polar surface area (TPSA) is 88.3 Å². The van der Waals surface area contributed by atoms with Crippen LogP contribution in [0.2, 0.25) is 0 Å². The number of aromatic nitrogens is 1. The van der Waals surface area contributed by atoms with Crippen LogP contribution in [-0.2, 0) is 0 Å². The summed E-state index contributed by atoms with van der Waals surface area (Å²) in [7, 11) is 1.66. The van der Waals surface area contributed by atoms with Crippen LogP contribution in [0.25, 0.3) is 32.1 Å². The standard InChI is InChI=1S/C24H26N2O3S/c1-12-9-18(29-4)20(16-7-5-15(6-8-16)13(2)11-25)21-17-10-19(14(3)27)30-23(17)24(28)26-22(12)21/h5-10,13-14,27H,11,25H2,1-4H3,(H,26,28)/t13-,14?/m0/s1. The Morgan fingerprint density at radius 2 is 1.90 bits per heavy atom. The van der Waals surface area contributed by atoms with Gasteiger partial charge in [-0.3, -0.25) is 4.79 Å². The number of aromatic amines is 1. The number of aryl methyl sites for hydroxylation is 1. The van der Waals surface area contributed by atoms with Crippen molar-refractivity contribution in [2.24, 2.45) is 5.73 Å². The Labute approximate surface area is 179 Å². The minimum absolute atomic E-state index is 0.138. The molecular weight excluding hydrogens is 396 g/mol. The molecule has 2 aromatic carbocycles. The molecule has 5 nitrogen and oxygen atoms in total. The fourth-order valence-electron chi connectivity index (χ4n) is 3.92. The second-order valence-corrected chi connectivity index (χ2v) is 8.88. The maximum absolute atomic E-state index is 12.8. The SMILES string of the molecule is COc1cc(C)c2[nH]c(=O)c3sc(C(C)O)cc3c2c1-c1ccc([C@@H](C)CN)cc1. The summed E-state index contributed by atoms with van der Waals surface area (Å²) >= 11 is 1.33. The van der Waals surface area contributed by atoms with Crippen molar-refractivity contribution in [3.05, 3.63) is 62.8 Å². The number of rotatable bonds is 5. The molecule has 0 fully saturated rings. The fraction of sp³-hybridized carbons (Fsp3) is 0.292. The van der Waals surface area contributed by atoms with E-state index in [2.05, 4.69) is 36.2 Å². The van der Waals surface area contributed by atoms with Gasteiger partial charge in [0.1, 0.15) is 10.4 Å². The summed E-state index contributed by atoms with van der Waals surface area (Å²) in [5, 5.41) is 11.9. The molecule has 0 radical (unpaired) electrons. The van der Waals surface area contributed by atoms with Crippen LogP contribution in [0.3, 0.4) is 0 Å². The lowest BCUT2D eigenvalue weighted by Gasteiger charge is -2.16. The molecule has 30 heavy (non-hydrogen) atoms. The largest absolute Gasteiger partial charge is 0.496 e. The first-order valence-corrected chi connectivity index (χ1v) is 10.8. The Morgan fingerprint density at radius 3 is 2.50 bits per heavy atom. The van der Waals surface area contributed by atoms with E-state index >= 15 is 0 Å². The van der Waals surface area contributed by atoms with Crippen LogP contribution in [0, 0.1) is 6.92 Å². The van der Waals surface area contributed by atoms with Gasteiger partial charge in [-0.25, -0.2) is 0 Å². The van der Waals surface area contributed by atoms with Gasteiger partial charge >= 0.3 is 0 Å². The van der Waals surface area contributed by atoms with Crippen LogP contribution in [0.4, 0.5) is 0 Å². The Hall–Kier alpha value is -2.67. The van der Waals surface area contributed by atoms with Gasteiger partial charge in [-0.05, 0) is 55.1 Å². The molecule has 0 aliphatic carbocycles. The molecule has 0 amide bonds. The summed E-state index contributed by atoms with van der Waals surface area (Å²) in [4.78, 5) is 16.6. The summed E-state index contributed by atoms with van der Waals surface area (Å²) in [5.74, 6) is 1.03. The average molecular weight is 423 g/mol. The van der Waals surface area contributed by atoms with Crippen molar-refractivity contribution < 1.29 is 9.84 Å². The van der Waals surface area contributed by atoms with Crippen molar-refractivity contribution in [1.29, 1.82) is 0 Å². The van der Waals surface area contributed by atoms with E-state index < -0.39 is 6.10 Å². The third kappa shape index (κ3) is 3.31. The van der Waals surface area contributed by atoms with Crippen LogP contribution in [0.5, 0.6) is 5.75 Å². The van der Waals surface area contributed by atoms with E-state index in [1.807, 2.05) is 19.1 Å². The molecule has 0 spiro atoms. The molecule has 2 aromatic heterocycles. The van der Waals surface area contributed by atoms with Crippen molar-refractivity contribution in [1.82, 2.24) is 4.98 Å². The van der Waals surface area contributed by atoms with Gasteiger partial charge in [-0.15, -0.1) is 11.3 Å². The van der Waals surface area contributed by atoms with Gasteiger partial charge < -0.3 is 20.6 Å². The van der Waals surface area contributed by atoms with Gasteiger partial charge in [-0.2, -0.15) is 0 Å². The predicted octanol–water partition coefficient (Wildman–Crippen LogP) is 4.84. The van der Waals surface area contributed by atoms with Gasteiger partial charge in [0.2, 0.25) is 0 Å². The zero-order valence-electron chi connectivity index (χ0n) is 17.6. The van der Waals surface area contributed by atoms with Crippen molar-refractivity contribution in [2.75, 3.05) is 13.7 Å². The number of thiophene rings is 1. The molecule has 0 bridgehead atoms. The molecule has 4 aromatic rings. The highest BCUT2D eigenvalue weighted by molar-refractivity contribution is 7.19. The minimum atomic E-state index is -0.635. The van der Waals surface area contributed by atoms with E-state index in [0.717, 1.165) is 43.6 Å². The van der Waals surface area contributed by atoms with Gasteiger partial charge in [-0.1, -0.05) is 31.2 Å². The second-order valence-electron chi connectivity index (χ2n) is 7.80. The van der Waals surface area contributed by atoms with E-state index in [9.17, 15) is 9.90 Å². The summed E-state index contributed by atoms with van der Waals surface area (Å²) in [6.45, 7) is 6.37. The third-order valence-electron chi connectivity index (χ3n) is 5.71. The Bertz CT molecular complexity index is 1290. The number of benzene rings is 2. The highest BCUT2D eigenvalue weighted by Crippen LogP contribution is 2.43. The van der Waals surface area contributed by atoms with Gasteiger partial charge in [0.15, 0.2) is 0 Å². The third-order valence-corrected chi connectivity index (χ3v) is 7.01. The van der Waals surface area contributed by atoms with Crippen molar-refractivity contribution in [3.63, 3.8) is 0 Å². The number of aliphatic hydroxyl groups excluding tert-OH is 1. The molecule has 2 atom stereocenters. The second kappa shape index (κ2) is 7.87. The maximum Gasteiger partial charge on any atom is 0.266 e. The van der Waals surface area contributed by atoms with Crippen LogP contribution in [0.1, 0.15) is 41.9 Å². The lowest BCUT2D eigenvalue weighted by atomic mass is 9.92. The molecule has 156 valence electrons. The van der Waals surface area contributed by atoms with Crippen molar-refractivity contribution in [3.8, 4) is 16.9 Å². The number of nitrogens with two attached hydrogens (primary N) is 1. The van der Waals surface area contributed by atoms with Gasteiger partial charge in [0, 0.05) is 21.2 Å². The van der Waals surface area contributed by atoms with Gasteiger partial charge in [0.05, 0.1) is 18.7 Å². The van der Waals surface area contributed by atoms with E-state index in [-0.39, 0.29) is 11.5 Å². The summed E-state index contributed by atoms with van der Waals surface area (Å²) in [6, 6.07) is 12.2. The Balaban J connectivity index is 2.10. The van der Waals surface area contributed by atoms with Crippen LogP contribution in [0.15, 0.2) is 41.2 Å².